The van der Waals surface area contributed by atoms with E-state index < -0.39 is 5.41 Å². The van der Waals surface area contributed by atoms with E-state index in [1.54, 1.807) is 11.3 Å². The van der Waals surface area contributed by atoms with Gasteiger partial charge in [0.2, 0.25) is 0 Å². The second kappa shape index (κ2) is 5.26. The van der Waals surface area contributed by atoms with Gasteiger partial charge >= 0.3 is 5.97 Å². The van der Waals surface area contributed by atoms with E-state index in [0.29, 0.717) is 6.54 Å². The van der Waals surface area contributed by atoms with E-state index in [9.17, 15) is 4.79 Å². The molecule has 2 aromatic heterocycles. The van der Waals surface area contributed by atoms with Gasteiger partial charge in [-0.15, -0.1) is 11.3 Å². The second-order valence-corrected chi connectivity index (χ2v) is 6.57. The van der Waals surface area contributed by atoms with E-state index in [2.05, 4.69) is 22.9 Å². The maximum absolute atomic E-state index is 12.0. The first-order chi connectivity index (χ1) is 10.1. The summed E-state index contributed by atoms with van der Waals surface area (Å²) in [5.74, 6) is 1.66. The number of aryl methyl sites for hydroxylation is 1. The number of anilines is 1. The first kappa shape index (κ1) is 14.3. The molecule has 6 heteroatoms. The van der Waals surface area contributed by atoms with Crippen LogP contribution in [-0.4, -0.2) is 36.1 Å². The molecule has 1 atom stereocenters. The number of hydrogen-bond donors (Lipinski definition) is 0. The Kier molecular flexibility index (Phi) is 3.57. The molecule has 0 aromatic carbocycles. The highest BCUT2D eigenvalue weighted by atomic mass is 32.1. The van der Waals surface area contributed by atoms with Crippen LogP contribution in [0.5, 0.6) is 0 Å². The van der Waals surface area contributed by atoms with Gasteiger partial charge in [-0.25, -0.2) is 9.97 Å². The predicted octanol–water partition coefficient (Wildman–Crippen LogP) is 2.64. The molecule has 0 spiro atoms. The van der Waals surface area contributed by atoms with Gasteiger partial charge in [-0.1, -0.05) is 6.92 Å². The molecule has 1 unspecified atom stereocenters. The Labute approximate surface area is 128 Å². The lowest BCUT2D eigenvalue weighted by Crippen LogP contribution is -2.33. The number of nitrogens with zero attached hydrogens (tertiary/aromatic N) is 3. The van der Waals surface area contributed by atoms with Crippen LogP contribution >= 0.6 is 11.3 Å². The van der Waals surface area contributed by atoms with E-state index in [-0.39, 0.29) is 5.97 Å². The molecule has 1 aliphatic heterocycles. The Balaban J connectivity index is 1.98. The van der Waals surface area contributed by atoms with Crippen molar-refractivity contribution in [2.75, 3.05) is 25.1 Å². The number of thiophene rings is 1. The Morgan fingerprint density at radius 1 is 1.52 bits per heavy atom. The molecule has 5 nitrogen and oxygen atoms in total. The van der Waals surface area contributed by atoms with Crippen LogP contribution in [0.2, 0.25) is 0 Å². The van der Waals surface area contributed by atoms with Crippen LogP contribution in [0.3, 0.4) is 0 Å². The Morgan fingerprint density at radius 3 is 3.05 bits per heavy atom. The van der Waals surface area contributed by atoms with Gasteiger partial charge in [-0.2, -0.15) is 0 Å². The quantitative estimate of drug-likeness (QED) is 0.816. The molecular weight excluding hydrogens is 286 g/mol. The minimum Gasteiger partial charge on any atom is -0.469 e. The van der Waals surface area contributed by atoms with Gasteiger partial charge in [0, 0.05) is 19.5 Å². The summed E-state index contributed by atoms with van der Waals surface area (Å²) in [7, 11) is 1.45. The van der Waals surface area contributed by atoms with Gasteiger partial charge in [0.25, 0.3) is 0 Å². The highest BCUT2D eigenvalue weighted by Crippen LogP contribution is 2.37. The summed E-state index contributed by atoms with van der Waals surface area (Å²) in [5.41, 5.74) is -0.450. The smallest absolute Gasteiger partial charge is 0.313 e. The first-order valence-corrected chi connectivity index (χ1v) is 8.03. The third-order valence-corrected chi connectivity index (χ3v) is 4.93. The summed E-state index contributed by atoms with van der Waals surface area (Å²) < 4.78 is 4.94. The molecule has 2 aromatic rings. The van der Waals surface area contributed by atoms with Crippen LogP contribution in [-0.2, 0) is 16.0 Å². The molecule has 1 aliphatic rings. The number of esters is 1. The van der Waals surface area contributed by atoms with E-state index in [4.69, 9.17) is 9.72 Å². The minimum absolute atomic E-state index is 0.142. The van der Waals surface area contributed by atoms with Crippen LogP contribution in [0.25, 0.3) is 10.2 Å². The van der Waals surface area contributed by atoms with Crippen molar-refractivity contribution in [1.82, 2.24) is 9.97 Å². The van der Waals surface area contributed by atoms with Gasteiger partial charge in [-0.05, 0) is 24.8 Å². The third kappa shape index (κ3) is 2.37. The summed E-state index contributed by atoms with van der Waals surface area (Å²) >= 11 is 1.63. The van der Waals surface area contributed by atoms with E-state index in [0.717, 1.165) is 41.2 Å². The third-order valence-electron chi connectivity index (χ3n) is 4.12. The lowest BCUT2D eigenvalue weighted by molar-refractivity contribution is -0.150. The molecule has 112 valence electrons. The lowest BCUT2D eigenvalue weighted by atomic mass is 9.90. The van der Waals surface area contributed by atoms with Crippen molar-refractivity contribution in [3.63, 3.8) is 0 Å². The maximum Gasteiger partial charge on any atom is 0.313 e. The highest BCUT2D eigenvalue weighted by molar-refractivity contribution is 7.16. The number of carbonyl (C=O) groups excluding carboxylic acids is 1. The van der Waals surface area contributed by atoms with Crippen LogP contribution in [0.4, 0.5) is 5.82 Å². The fourth-order valence-electron chi connectivity index (χ4n) is 2.84. The molecule has 0 radical (unpaired) electrons. The average Bonchev–Trinajstić information content (AvgIpc) is 3.12. The van der Waals surface area contributed by atoms with E-state index in [1.807, 2.05) is 12.3 Å². The van der Waals surface area contributed by atoms with Crippen LogP contribution in [0.1, 0.15) is 26.1 Å². The number of rotatable bonds is 3. The zero-order valence-electron chi connectivity index (χ0n) is 12.5. The predicted molar refractivity (Wildman–Crippen MR) is 83.7 cm³/mol. The van der Waals surface area contributed by atoms with Crippen molar-refractivity contribution in [3.8, 4) is 0 Å². The zero-order valence-corrected chi connectivity index (χ0v) is 13.4. The Morgan fingerprint density at radius 2 is 2.33 bits per heavy atom. The summed E-state index contributed by atoms with van der Waals surface area (Å²) in [6, 6.07) is 2.06. The maximum atomic E-state index is 12.0. The van der Waals surface area contributed by atoms with Gasteiger partial charge in [-0.3, -0.25) is 4.79 Å². The number of hydrogen-bond acceptors (Lipinski definition) is 6. The molecule has 1 saturated heterocycles. The van der Waals surface area contributed by atoms with Gasteiger partial charge in [0.1, 0.15) is 16.5 Å². The van der Waals surface area contributed by atoms with Crippen molar-refractivity contribution in [2.45, 2.75) is 26.7 Å². The largest absolute Gasteiger partial charge is 0.469 e. The second-order valence-electron chi connectivity index (χ2n) is 5.68. The van der Waals surface area contributed by atoms with Crippen LogP contribution < -0.4 is 4.90 Å². The SMILES string of the molecule is CCc1nc(N2CCC(C)(C(=O)OC)C2)c2ccsc2n1. The number of methoxy groups -OCH3 is 1. The normalized spacial score (nSPS) is 22.0. The van der Waals surface area contributed by atoms with Crippen molar-refractivity contribution in [3.05, 3.63) is 17.3 Å². The Hall–Kier alpha value is -1.69. The molecule has 0 bridgehead atoms. The average molecular weight is 305 g/mol. The van der Waals surface area contributed by atoms with Crippen molar-refractivity contribution >= 4 is 33.3 Å². The van der Waals surface area contributed by atoms with Crippen molar-refractivity contribution in [2.24, 2.45) is 5.41 Å². The summed E-state index contributed by atoms with van der Waals surface area (Å²) in [4.78, 5) is 24.4. The number of ether oxygens (including phenoxy) is 1. The Bertz CT molecular complexity index is 685. The van der Waals surface area contributed by atoms with Gasteiger partial charge < -0.3 is 9.64 Å². The molecule has 0 amide bonds. The molecule has 0 saturated carbocycles. The molecule has 0 aliphatic carbocycles. The topological polar surface area (TPSA) is 55.3 Å². The molecule has 3 heterocycles. The molecule has 1 fully saturated rings. The molecule has 21 heavy (non-hydrogen) atoms. The van der Waals surface area contributed by atoms with E-state index >= 15 is 0 Å². The number of carbonyl (C=O) groups is 1. The van der Waals surface area contributed by atoms with Crippen molar-refractivity contribution < 1.29 is 9.53 Å². The first-order valence-electron chi connectivity index (χ1n) is 7.15. The van der Waals surface area contributed by atoms with Gasteiger partial charge in [0.15, 0.2) is 0 Å². The van der Waals surface area contributed by atoms with Crippen LogP contribution in [0.15, 0.2) is 11.4 Å². The zero-order chi connectivity index (χ0) is 15.0. The molecule has 0 N–H and O–H groups in total. The summed E-state index contributed by atoms with van der Waals surface area (Å²) in [6.45, 7) is 5.48. The summed E-state index contributed by atoms with van der Waals surface area (Å²) in [6.07, 6.45) is 1.60. The van der Waals surface area contributed by atoms with Crippen LogP contribution in [0, 0.1) is 5.41 Å². The standard InChI is InChI=1S/C15H19N3O2S/c1-4-11-16-12(10-5-8-21-13(10)17-11)18-7-6-15(2,9-18)14(19)20-3/h5,8H,4,6-7,9H2,1-3H3. The van der Waals surface area contributed by atoms with Crippen molar-refractivity contribution in [1.29, 1.82) is 0 Å². The number of fused-ring (bicyclic) bond motifs is 1. The van der Waals surface area contributed by atoms with E-state index in [1.165, 1.54) is 7.11 Å². The minimum atomic E-state index is -0.450. The molecular formula is C15H19N3O2S. The fraction of sp³-hybridized carbons (Fsp3) is 0.533. The number of aromatic nitrogens is 2. The monoisotopic (exact) mass is 305 g/mol. The highest BCUT2D eigenvalue weighted by Gasteiger charge is 2.42. The summed E-state index contributed by atoms with van der Waals surface area (Å²) in [5, 5.41) is 3.11. The molecule has 3 rings (SSSR count). The fourth-order valence-corrected chi connectivity index (χ4v) is 3.61. The van der Waals surface area contributed by atoms with Gasteiger partial charge in [0.05, 0.1) is 17.9 Å². The lowest BCUT2D eigenvalue weighted by Gasteiger charge is -2.23.